The largest absolute Gasteiger partial charge is 0.495 e. The quantitative estimate of drug-likeness (QED) is 0.630. The molecule has 0 aromatic heterocycles. The number of aryl methyl sites for hydroxylation is 1. The van der Waals surface area contributed by atoms with Crippen molar-refractivity contribution in [2.24, 2.45) is 0 Å². The van der Waals surface area contributed by atoms with Gasteiger partial charge in [-0.05, 0) is 37.5 Å². The SMILES string of the molecule is COc1cc(OC)c(S(=O)(=O)N2c3ccccc3CCC2C)cc1NC(=O)COC(C)=O. The van der Waals surface area contributed by atoms with Gasteiger partial charge in [-0.1, -0.05) is 18.2 Å². The predicted molar refractivity (Wildman–Crippen MR) is 119 cm³/mol. The summed E-state index contributed by atoms with van der Waals surface area (Å²) in [6.07, 6.45) is 1.45. The number of esters is 1. The van der Waals surface area contributed by atoms with Gasteiger partial charge in [-0.15, -0.1) is 0 Å². The number of para-hydroxylation sites is 1. The van der Waals surface area contributed by atoms with E-state index >= 15 is 0 Å². The second kappa shape index (κ2) is 9.47. The lowest BCUT2D eigenvalue weighted by molar-refractivity contribution is -0.144. The molecule has 1 aliphatic heterocycles. The number of nitrogens with one attached hydrogen (secondary N) is 1. The Balaban J connectivity index is 2.08. The van der Waals surface area contributed by atoms with E-state index in [1.165, 1.54) is 37.6 Å². The van der Waals surface area contributed by atoms with Gasteiger partial charge in [0.1, 0.15) is 16.4 Å². The van der Waals surface area contributed by atoms with E-state index in [2.05, 4.69) is 5.32 Å². The van der Waals surface area contributed by atoms with Crippen LogP contribution in [0.3, 0.4) is 0 Å². The molecule has 2 aromatic rings. The first kappa shape index (κ1) is 23.4. The fraction of sp³-hybridized carbons (Fsp3) is 0.364. The molecule has 1 N–H and O–H groups in total. The molecule has 2 aromatic carbocycles. The van der Waals surface area contributed by atoms with Gasteiger partial charge in [0, 0.05) is 19.0 Å². The maximum absolute atomic E-state index is 13.8. The van der Waals surface area contributed by atoms with Crippen molar-refractivity contribution in [1.29, 1.82) is 0 Å². The summed E-state index contributed by atoms with van der Waals surface area (Å²) in [6, 6.07) is 9.78. The second-order valence-electron chi connectivity index (χ2n) is 7.35. The fourth-order valence-corrected chi connectivity index (χ4v) is 5.54. The number of methoxy groups -OCH3 is 2. The van der Waals surface area contributed by atoms with Crippen LogP contribution in [0.25, 0.3) is 0 Å². The Kier molecular flexibility index (Phi) is 6.93. The van der Waals surface area contributed by atoms with Gasteiger partial charge in [-0.3, -0.25) is 13.9 Å². The van der Waals surface area contributed by atoms with Crippen molar-refractivity contribution < 1.29 is 32.2 Å². The van der Waals surface area contributed by atoms with Crippen molar-refractivity contribution in [3.05, 3.63) is 42.0 Å². The van der Waals surface area contributed by atoms with Gasteiger partial charge in [-0.25, -0.2) is 8.42 Å². The van der Waals surface area contributed by atoms with E-state index in [1.807, 2.05) is 19.1 Å². The molecule has 1 heterocycles. The van der Waals surface area contributed by atoms with Gasteiger partial charge in [0.05, 0.1) is 25.6 Å². The van der Waals surface area contributed by atoms with Crippen LogP contribution in [0.2, 0.25) is 0 Å². The minimum Gasteiger partial charge on any atom is -0.495 e. The minimum atomic E-state index is -4.06. The summed E-state index contributed by atoms with van der Waals surface area (Å²) in [4.78, 5) is 23.0. The normalized spacial score (nSPS) is 15.5. The third-order valence-electron chi connectivity index (χ3n) is 5.16. The van der Waals surface area contributed by atoms with Gasteiger partial charge in [0.25, 0.3) is 15.9 Å². The van der Waals surface area contributed by atoms with E-state index in [9.17, 15) is 18.0 Å². The van der Waals surface area contributed by atoms with E-state index in [-0.39, 0.29) is 28.1 Å². The molecule has 172 valence electrons. The number of rotatable bonds is 7. The van der Waals surface area contributed by atoms with E-state index in [0.717, 1.165) is 12.0 Å². The van der Waals surface area contributed by atoms with Crippen molar-refractivity contribution in [3.63, 3.8) is 0 Å². The number of ether oxygens (including phenoxy) is 3. The number of carbonyl (C=O) groups excluding carboxylic acids is 2. The lowest BCUT2D eigenvalue weighted by atomic mass is 9.99. The fourth-order valence-electron chi connectivity index (χ4n) is 3.65. The number of sulfonamides is 1. The first-order valence-electron chi connectivity index (χ1n) is 10.0. The molecule has 1 amide bonds. The van der Waals surface area contributed by atoms with Crippen LogP contribution in [0.5, 0.6) is 11.5 Å². The van der Waals surface area contributed by atoms with Gasteiger partial charge < -0.3 is 19.5 Å². The van der Waals surface area contributed by atoms with Crippen LogP contribution in [0.15, 0.2) is 41.3 Å². The summed E-state index contributed by atoms with van der Waals surface area (Å²) >= 11 is 0. The molecule has 0 spiro atoms. The lowest BCUT2D eigenvalue weighted by Gasteiger charge is -2.36. The standard InChI is InChI=1S/C22H26N2O7S/c1-14-9-10-16-7-5-6-8-18(16)24(14)32(27,28)21-11-17(19(29-3)12-20(21)30-4)23-22(26)13-31-15(2)25/h5-8,11-12,14H,9-10,13H2,1-4H3,(H,23,26). The Bertz CT molecular complexity index is 1130. The number of hydrogen-bond acceptors (Lipinski definition) is 7. The Morgan fingerprint density at radius 2 is 1.81 bits per heavy atom. The average molecular weight is 463 g/mol. The monoisotopic (exact) mass is 462 g/mol. The average Bonchev–Trinajstić information content (AvgIpc) is 2.77. The van der Waals surface area contributed by atoms with E-state index < -0.39 is 28.5 Å². The summed E-state index contributed by atoms with van der Waals surface area (Å²) in [6.45, 7) is 2.53. The predicted octanol–water partition coefficient (Wildman–Crippen LogP) is 2.74. The molecule has 32 heavy (non-hydrogen) atoms. The Labute approximate surface area is 187 Å². The van der Waals surface area contributed by atoms with E-state index in [0.29, 0.717) is 12.1 Å². The van der Waals surface area contributed by atoms with Gasteiger partial charge in [0.2, 0.25) is 0 Å². The number of fused-ring (bicyclic) bond motifs is 1. The highest BCUT2D eigenvalue weighted by Gasteiger charge is 2.36. The van der Waals surface area contributed by atoms with Crippen LogP contribution in [0.4, 0.5) is 11.4 Å². The Morgan fingerprint density at radius 1 is 1.12 bits per heavy atom. The maximum Gasteiger partial charge on any atom is 0.303 e. The van der Waals surface area contributed by atoms with Crippen molar-refractivity contribution in [1.82, 2.24) is 0 Å². The summed E-state index contributed by atoms with van der Waals surface area (Å²) in [5, 5.41) is 2.53. The van der Waals surface area contributed by atoms with Crippen LogP contribution < -0.4 is 19.1 Å². The zero-order valence-electron chi connectivity index (χ0n) is 18.4. The number of anilines is 2. The van der Waals surface area contributed by atoms with Gasteiger partial charge in [0.15, 0.2) is 6.61 Å². The molecule has 0 fully saturated rings. The van der Waals surface area contributed by atoms with Gasteiger partial charge >= 0.3 is 5.97 Å². The molecule has 0 saturated carbocycles. The van der Waals surface area contributed by atoms with E-state index in [4.69, 9.17) is 14.2 Å². The third-order valence-corrected chi connectivity index (χ3v) is 7.11. The summed E-state index contributed by atoms with van der Waals surface area (Å²) in [5.41, 5.74) is 1.67. The number of amides is 1. The van der Waals surface area contributed by atoms with Crippen LogP contribution in [-0.4, -0.2) is 47.2 Å². The topological polar surface area (TPSA) is 111 Å². The number of hydrogen-bond donors (Lipinski definition) is 1. The smallest absolute Gasteiger partial charge is 0.303 e. The number of nitrogens with zero attached hydrogens (tertiary/aromatic N) is 1. The molecule has 10 heteroatoms. The number of benzene rings is 2. The number of carbonyl (C=O) groups is 2. The Hall–Kier alpha value is -3.27. The molecule has 0 saturated heterocycles. The van der Waals surface area contributed by atoms with Crippen molar-refractivity contribution in [2.75, 3.05) is 30.4 Å². The molecule has 1 aliphatic rings. The van der Waals surface area contributed by atoms with E-state index in [1.54, 1.807) is 12.1 Å². The first-order chi connectivity index (χ1) is 15.2. The molecule has 0 aliphatic carbocycles. The van der Waals surface area contributed by atoms with Crippen molar-refractivity contribution >= 4 is 33.3 Å². The minimum absolute atomic E-state index is 0.0788. The first-order valence-corrected chi connectivity index (χ1v) is 11.4. The highest BCUT2D eigenvalue weighted by atomic mass is 32.2. The van der Waals surface area contributed by atoms with Crippen LogP contribution >= 0.6 is 0 Å². The maximum atomic E-state index is 13.8. The molecular weight excluding hydrogens is 436 g/mol. The second-order valence-corrected chi connectivity index (χ2v) is 9.13. The summed E-state index contributed by atoms with van der Waals surface area (Å²) in [5.74, 6) is -0.967. The van der Waals surface area contributed by atoms with Crippen molar-refractivity contribution in [3.8, 4) is 11.5 Å². The molecule has 9 nitrogen and oxygen atoms in total. The Morgan fingerprint density at radius 3 is 2.47 bits per heavy atom. The van der Waals surface area contributed by atoms with Crippen LogP contribution in [-0.2, 0) is 30.8 Å². The highest BCUT2D eigenvalue weighted by Crippen LogP contribution is 2.41. The summed E-state index contributed by atoms with van der Waals surface area (Å²) < 4.78 is 44.4. The summed E-state index contributed by atoms with van der Waals surface area (Å²) in [7, 11) is -1.32. The zero-order chi connectivity index (χ0) is 23.5. The van der Waals surface area contributed by atoms with Crippen LogP contribution in [0, 0.1) is 0 Å². The molecule has 1 atom stereocenters. The molecule has 3 rings (SSSR count). The molecule has 0 radical (unpaired) electrons. The van der Waals surface area contributed by atoms with Gasteiger partial charge in [-0.2, -0.15) is 0 Å². The van der Waals surface area contributed by atoms with Crippen LogP contribution in [0.1, 0.15) is 25.8 Å². The highest BCUT2D eigenvalue weighted by molar-refractivity contribution is 7.93. The zero-order valence-corrected chi connectivity index (χ0v) is 19.2. The molecule has 0 bridgehead atoms. The third kappa shape index (κ3) is 4.64. The van der Waals surface area contributed by atoms with Crippen molar-refractivity contribution in [2.45, 2.75) is 37.6 Å². The molecular formula is C22H26N2O7S. The lowest BCUT2D eigenvalue weighted by Crippen LogP contribution is -2.42. The molecule has 1 unspecified atom stereocenters.